The van der Waals surface area contributed by atoms with E-state index in [-0.39, 0.29) is 0 Å². The molecule has 8 aromatic carbocycles. The highest BCUT2D eigenvalue weighted by atomic mass is 16.3. The largest absolute Gasteiger partial charge is 0.455 e. The normalized spacial score (nSPS) is 11.7. The molecule has 0 aliphatic carbocycles. The Kier molecular flexibility index (Phi) is 6.82. The van der Waals surface area contributed by atoms with Crippen molar-refractivity contribution in [3.05, 3.63) is 182 Å². The summed E-state index contributed by atoms with van der Waals surface area (Å²) in [4.78, 5) is 10.7. The monoisotopic (exact) mass is 690 g/mol. The lowest BCUT2D eigenvalue weighted by molar-refractivity contribution is 0.669. The van der Waals surface area contributed by atoms with Gasteiger partial charge >= 0.3 is 0 Å². The van der Waals surface area contributed by atoms with Crippen molar-refractivity contribution in [1.29, 1.82) is 0 Å². The van der Waals surface area contributed by atoms with Gasteiger partial charge in [-0.1, -0.05) is 152 Å². The highest BCUT2D eigenvalue weighted by Crippen LogP contribution is 2.42. The van der Waals surface area contributed by atoms with E-state index in [1.54, 1.807) is 0 Å². The van der Waals surface area contributed by atoms with Crippen molar-refractivity contribution in [2.75, 3.05) is 0 Å². The van der Waals surface area contributed by atoms with Gasteiger partial charge in [-0.3, -0.25) is 0 Å². The minimum Gasteiger partial charge on any atom is -0.455 e. The average Bonchev–Trinajstić information content (AvgIpc) is 3.82. The fourth-order valence-corrected chi connectivity index (χ4v) is 8.06. The van der Waals surface area contributed by atoms with Crippen LogP contribution in [0.1, 0.15) is 0 Å². The van der Waals surface area contributed by atoms with Gasteiger partial charge in [0.1, 0.15) is 22.3 Å². The summed E-state index contributed by atoms with van der Waals surface area (Å²) in [6.07, 6.45) is 0. The van der Waals surface area contributed by atoms with Crippen LogP contribution in [0.2, 0.25) is 0 Å². The second-order valence-electron chi connectivity index (χ2n) is 13.6. The Balaban J connectivity index is 1.18. The van der Waals surface area contributed by atoms with Gasteiger partial charge in [0.25, 0.3) is 0 Å². The first kappa shape index (κ1) is 30.3. The van der Waals surface area contributed by atoms with Crippen LogP contribution in [0.4, 0.5) is 0 Å². The summed E-state index contributed by atoms with van der Waals surface area (Å²) < 4.78 is 13.1. The van der Waals surface area contributed by atoms with Crippen molar-refractivity contribution >= 4 is 54.6 Å². The zero-order valence-corrected chi connectivity index (χ0v) is 29.0. The third-order valence-corrected chi connectivity index (χ3v) is 10.6. The quantitative estimate of drug-likeness (QED) is 0.180. The van der Waals surface area contributed by atoms with Crippen LogP contribution >= 0.6 is 0 Å². The third kappa shape index (κ3) is 4.78. The van der Waals surface area contributed by atoms with Crippen LogP contribution in [0.5, 0.6) is 0 Å². The van der Waals surface area contributed by atoms with Gasteiger partial charge in [-0.15, -0.1) is 0 Å². The molecule has 0 saturated heterocycles. The minimum atomic E-state index is 0.621. The molecule has 252 valence electrons. The Morgan fingerprint density at radius 3 is 1.35 bits per heavy atom. The van der Waals surface area contributed by atoms with Crippen molar-refractivity contribution in [2.45, 2.75) is 0 Å². The molecular formula is C50H30N2O2. The highest BCUT2D eigenvalue weighted by molar-refractivity contribution is 6.11. The fraction of sp³-hybridized carbons (Fsp3) is 0. The number of fused-ring (bicyclic) bond motifs is 7. The number of para-hydroxylation sites is 4. The van der Waals surface area contributed by atoms with E-state index in [4.69, 9.17) is 18.8 Å². The lowest BCUT2D eigenvalue weighted by Crippen LogP contribution is -1.98. The molecule has 3 aromatic heterocycles. The van der Waals surface area contributed by atoms with Crippen molar-refractivity contribution < 1.29 is 8.83 Å². The van der Waals surface area contributed by atoms with Crippen molar-refractivity contribution in [1.82, 2.24) is 9.97 Å². The number of benzene rings is 8. The summed E-state index contributed by atoms with van der Waals surface area (Å²) in [5, 5.41) is 6.62. The van der Waals surface area contributed by atoms with Crippen LogP contribution in [0.25, 0.3) is 111 Å². The zero-order chi connectivity index (χ0) is 35.6. The molecule has 0 spiro atoms. The molecule has 0 aliphatic rings. The van der Waals surface area contributed by atoms with Crippen LogP contribution in [0, 0.1) is 0 Å². The van der Waals surface area contributed by atoms with Crippen LogP contribution < -0.4 is 0 Å². The molecule has 0 unspecified atom stereocenters. The number of hydrogen-bond acceptors (Lipinski definition) is 4. The molecule has 0 fully saturated rings. The molecule has 11 aromatic rings. The van der Waals surface area contributed by atoms with E-state index in [0.29, 0.717) is 5.82 Å². The van der Waals surface area contributed by atoms with Crippen molar-refractivity contribution in [2.24, 2.45) is 0 Å². The maximum Gasteiger partial charge on any atom is 0.161 e. The van der Waals surface area contributed by atoms with Gasteiger partial charge < -0.3 is 8.83 Å². The summed E-state index contributed by atoms with van der Waals surface area (Å²) in [5.74, 6) is 0.621. The first-order valence-corrected chi connectivity index (χ1v) is 18.2. The van der Waals surface area contributed by atoms with Crippen LogP contribution in [-0.2, 0) is 0 Å². The predicted molar refractivity (Wildman–Crippen MR) is 221 cm³/mol. The molecule has 0 atom stereocenters. The van der Waals surface area contributed by atoms with E-state index in [9.17, 15) is 0 Å². The molecule has 4 nitrogen and oxygen atoms in total. The molecule has 0 saturated carbocycles. The summed E-state index contributed by atoms with van der Waals surface area (Å²) in [6.45, 7) is 0. The van der Waals surface area contributed by atoms with Gasteiger partial charge in [0.2, 0.25) is 0 Å². The molecule has 0 bridgehead atoms. The van der Waals surface area contributed by atoms with Crippen LogP contribution in [0.3, 0.4) is 0 Å². The van der Waals surface area contributed by atoms with E-state index >= 15 is 0 Å². The molecule has 0 amide bonds. The second-order valence-corrected chi connectivity index (χ2v) is 13.6. The first-order chi connectivity index (χ1) is 26.8. The van der Waals surface area contributed by atoms with Crippen LogP contribution in [0.15, 0.2) is 191 Å². The molecular weight excluding hydrogens is 661 g/mol. The van der Waals surface area contributed by atoms with Gasteiger partial charge in [-0.25, -0.2) is 9.97 Å². The topological polar surface area (TPSA) is 52.1 Å². The lowest BCUT2D eigenvalue weighted by Gasteiger charge is -2.16. The number of nitrogens with zero attached hydrogens (tertiary/aromatic N) is 2. The summed E-state index contributed by atoms with van der Waals surface area (Å²) in [5.41, 5.74) is 12.1. The van der Waals surface area contributed by atoms with E-state index in [1.165, 1.54) is 21.9 Å². The van der Waals surface area contributed by atoms with E-state index in [1.807, 2.05) is 36.4 Å². The van der Waals surface area contributed by atoms with Gasteiger partial charge in [-0.05, 0) is 63.4 Å². The Labute approximate surface area is 310 Å². The van der Waals surface area contributed by atoms with Gasteiger partial charge in [0.05, 0.1) is 11.4 Å². The van der Waals surface area contributed by atoms with E-state index < -0.39 is 0 Å². The molecule has 4 heteroatoms. The summed E-state index contributed by atoms with van der Waals surface area (Å²) in [6, 6.07) is 63.1. The van der Waals surface area contributed by atoms with E-state index in [0.717, 1.165) is 83.1 Å². The smallest absolute Gasteiger partial charge is 0.161 e. The number of rotatable bonds is 5. The SMILES string of the molecule is c1ccc(-c2ccc(-c3ccccc3-c3nc(-c4cccc5c4oc4ccccc45)cc(-c4cccc5c4oc4ccccc45)n3)c3ccccc23)cc1. The van der Waals surface area contributed by atoms with Crippen molar-refractivity contribution in [3.63, 3.8) is 0 Å². The Hall–Kier alpha value is -7.30. The average molecular weight is 691 g/mol. The van der Waals surface area contributed by atoms with Gasteiger partial charge in [0.15, 0.2) is 5.82 Å². The standard InChI is InChI=1S/C50H30N2O2/c1-2-14-31(15-3-1)32-28-29-36(34-17-5-4-16-33(32)34)35-18-6-7-21-41(35)50-51-44(42-24-12-22-39-37-19-8-10-26-46(37)53-48(39)42)30-45(52-50)43-25-13-23-40-38-20-9-11-27-47(38)54-49(40)43/h1-30H. The number of aromatic nitrogens is 2. The van der Waals surface area contributed by atoms with Crippen LogP contribution in [-0.4, -0.2) is 9.97 Å². The second kappa shape index (κ2) is 12.1. The lowest BCUT2D eigenvalue weighted by atomic mass is 9.90. The predicted octanol–water partition coefficient (Wildman–Crippen LogP) is 13.8. The Bertz CT molecular complexity index is 3100. The van der Waals surface area contributed by atoms with E-state index in [2.05, 4.69) is 146 Å². The Morgan fingerprint density at radius 2 is 0.741 bits per heavy atom. The molecule has 11 rings (SSSR count). The Morgan fingerprint density at radius 1 is 0.296 bits per heavy atom. The summed E-state index contributed by atoms with van der Waals surface area (Å²) >= 11 is 0. The molecule has 54 heavy (non-hydrogen) atoms. The molecule has 0 aliphatic heterocycles. The fourth-order valence-electron chi connectivity index (χ4n) is 8.06. The highest BCUT2D eigenvalue weighted by Gasteiger charge is 2.21. The minimum absolute atomic E-state index is 0.621. The third-order valence-electron chi connectivity index (χ3n) is 10.6. The first-order valence-electron chi connectivity index (χ1n) is 18.2. The molecule has 0 N–H and O–H groups in total. The van der Waals surface area contributed by atoms with Crippen molar-refractivity contribution in [3.8, 4) is 56.2 Å². The maximum atomic E-state index is 6.55. The zero-order valence-electron chi connectivity index (χ0n) is 29.0. The van der Waals surface area contributed by atoms with Gasteiger partial charge in [-0.2, -0.15) is 0 Å². The van der Waals surface area contributed by atoms with Gasteiger partial charge in [0, 0.05) is 38.2 Å². The summed E-state index contributed by atoms with van der Waals surface area (Å²) in [7, 11) is 0. The molecule has 3 heterocycles. The molecule has 0 radical (unpaired) electrons. The number of hydrogen-bond donors (Lipinski definition) is 0. The number of furan rings is 2. The maximum absolute atomic E-state index is 6.55.